The lowest BCUT2D eigenvalue weighted by Crippen LogP contribution is -2.06. The molecular formula is C25H29N7O. The van der Waals surface area contributed by atoms with Crippen molar-refractivity contribution in [1.82, 2.24) is 15.0 Å². The first-order valence-corrected chi connectivity index (χ1v) is 11.1. The summed E-state index contributed by atoms with van der Waals surface area (Å²) in [6, 6.07) is 17.2. The van der Waals surface area contributed by atoms with E-state index in [-0.39, 0.29) is 6.10 Å². The number of aromatic nitrogens is 3. The third-order valence-corrected chi connectivity index (χ3v) is 5.42. The fourth-order valence-electron chi connectivity index (χ4n) is 3.65. The lowest BCUT2D eigenvalue weighted by atomic mass is 10.1. The lowest BCUT2D eigenvalue weighted by molar-refractivity contribution is 0.183. The molecule has 5 rings (SSSR count). The molecule has 1 aliphatic carbocycles. The smallest absolute Gasteiger partial charge is 0.151 e. The first-order valence-electron chi connectivity index (χ1n) is 11.1. The summed E-state index contributed by atoms with van der Waals surface area (Å²) in [5.74, 6) is 1.86. The second-order valence-corrected chi connectivity index (χ2v) is 8.06. The van der Waals surface area contributed by atoms with Crippen molar-refractivity contribution in [3.05, 3.63) is 72.6 Å². The quantitative estimate of drug-likeness (QED) is 0.305. The summed E-state index contributed by atoms with van der Waals surface area (Å²) in [7, 11) is 0. The normalized spacial score (nSPS) is 13.4. The summed E-state index contributed by atoms with van der Waals surface area (Å²) in [4.78, 5) is 13.1. The molecule has 1 aromatic carbocycles. The molecule has 0 radical (unpaired) electrons. The number of anilines is 5. The number of aliphatic hydroxyl groups is 1. The van der Waals surface area contributed by atoms with Gasteiger partial charge in [0.2, 0.25) is 0 Å². The van der Waals surface area contributed by atoms with Gasteiger partial charge in [0, 0.05) is 36.1 Å². The highest BCUT2D eigenvalue weighted by Gasteiger charge is 2.09. The fourth-order valence-corrected chi connectivity index (χ4v) is 3.65. The summed E-state index contributed by atoms with van der Waals surface area (Å²) in [5, 5.41) is 16.2. The Bertz CT molecular complexity index is 1210. The molecular weight excluding hydrogens is 414 g/mol. The molecule has 7 N–H and O–H groups in total. The highest BCUT2D eigenvalue weighted by molar-refractivity contribution is 5.79. The minimum absolute atomic E-state index is 0.0463. The third-order valence-electron chi connectivity index (χ3n) is 5.42. The van der Waals surface area contributed by atoms with Crippen molar-refractivity contribution in [3.63, 3.8) is 0 Å². The van der Waals surface area contributed by atoms with E-state index in [0.29, 0.717) is 35.4 Å². The van der Waals surface area contributed by atoms with Gasteiger partial charge in [0.1, 0.15) is 11.6 Å². The Morgan fingerprint density at radius 3 is 2.52 bits per heavy atom. The molecule has 3 aromatic heterocycles. The maximum absolute atomic E-state index is 8.73. The number of nitrogens with zero attached hydrogens (tertiary/aromatic N) is 3. The molecule has 8 heteroatoms. The van der Waals surface area contributed by atoms with Gasteiger partial charge >= 0.3 is 0 Å². The third kappa shape index (κ3) is 6.30. The molecule has 4 aromatic rings. The molecule has 8 nitrogen and oxygen atoms in total. The van der Waals surface area contributed by atoms with Crippen LogP contribution >= 0.6 is 0 Å². The molecule has 0 saturated heterocycles. The van der Waals surface area contributed by atoms with Crippen LogP contribution in [-0.2, 0) is 6.54 Å². The first kappa shape index (κ1) is 22.3. The molecule has 0 unspecified atom stereocenters. The number of hydrogen-bond donors (Lipinski definition) is 5. The van der Waals surface area contributed by atoms with E-state index in [2.05, 4.69) is 31.7 Å². The van der Waals surface area contributed by atoms with E-state index in [1.807, 2.05) is 24.3 Å². The molecule has 1 fully saturated rings. The van der Waals surface area contributed by atoms with Crippen LogP contribution in [0, 0.1) is 0 Å². The standard InChI is InChI=1S/C20H19N7.C5H10O/c21-15-7-9-24-19(11-15)26-18-6-4-16(22)20(27-18)25-12-13-3-5-17-14(10-13)2-1-8-23-17;6-5-3-1-2-4-5/h1-11H,12,22H2,(H4,21,24,25,26,27);5-6H,1-4H2. The van der Waals surface area contributed by atoms with Gasteiger partial charge < -0.3 is 27.2 Å². The maximum Gasteiger partial charge on any atom is 0.151 e. The number of nitrogens with one attached hydrogen (secondary N) is 2. The Hall–Kier alpha value is -3.91. The monoisotopic (exact) mass is 443 g/mol. The van der Waals surface area contributed by atoms with Crippen molar-refractivity contribution in [2.24, 2.45) is 0 Å². The van der Waals surface area contributed by atoms with Crippen LogP contribution in [-0.4, -0.2) is 26.2 Å². The SMILES string of the molecule is Nc1ccnc(Nc2ccc(N)c(NCc3ccc4ncccc4c3)n2)c1.OC1CCCC1. The molecule has 33 heavy (non-hydrogen) atoms. The van der Waals surface area contributed by atoms with Crippen LogP contribution < -0.4 is 22.1 Å². The number of hydrogen-bond acceptors (Lipinski definition) is 8. The summed E-state index contributed by atoms with van der Waals surface area (Å²) in [6.45, 7) is 0.599. The van der Waals surface area contributed by atoms with Crippen molar-refractivity contribution in [1.29, 1.82) is 0 Å². The van der Waals surface area contributed by atoms with E-state index in [1.54, 1.807) is 36.7 Å². The van der Waals surface area contributed by atoms with Crippen LogP contribution in [0.3, 0.4) is 0 Å². The molecule has 1 saturated carbocycles. The molecule has 0 spiro atoms. The molecule has 170 valence electrons. The predicted octanol–water partition coefficient (Wildman–Crippen LogP) is 4.47. The van der Waals surface area contributed by atoms with Gasteiger partial charge in [-0.1, -0.05) is 25.0 Å². The Morgan fingerprint density at radius 2 is 1.76 bits per heavy atom. The second kappa shape index (κ2) is 10.6. The number of aliphatic hydroxyl groups excluding tert-OH is 1. The summed E-state index contributed by atoms with van der Waals surface area (Å²) < 4.78 is 0. The van der Waals surface area contributed by atoms with Crippen molar-refractivity contribution in [3.8, 4) is 0 Å². The van der Waals surface area contributed by atoms with E-state index in [1.165, 1.54) is 12.8 Å². The van der Waals surface area contributed by atoms with E-state index < -0.39 is 0 Å². The second-order valence-electron chi connectivity index (χ2n) is 8.06. The fraction of sp³-hybridized carbons (Fsp3) is 0.240. The Kier molecular flexibility index (Phi) is 7.16. The number of fused-ring (bicyclic) bond motifs is 1. The zero-order chi connectivity index (χ0) is 23.0. The minimum atomic E-state index is 0.0463. The minimum Gasteiger partial charge on any atom is -0.399 e. The zero-order valence-electron chi connectivity index (χ0n) is 18.4. The van der Waals surface area contributed by atoms with Crippen LogP contribution in [0.4, 0.5) is 28.8 Å². The van der Waals surface area contributed by atoms with Crippen LogP contribution in [0.1, 0.15) is 31.2 Å². The van der Waals surface area contributed by atoms with Gasteiger partial charge in [0.25, 0.3) is 0 Å². The van der Waals surface area contributed by atoms with E-state index in [0.717, 1.165) is 29.3 Å². The predicted molar refractivity (Wildman–Crippen MR) is 134 cm³/mol. The lowest BCUT2D eigenvalue weighted by Gasteiger charge is -2.12. The van der Waals surface area contributed by atoms with Crippen molar-refractivity contribution in [2.75, 3.05) is 22.1 Å². The highest BCUT2D eigenvalue weighted by atomic mass is 16.3. The van der Waals surface area contributed by atoms with Crippen LogP contribution in [0.5, 0.6) is 0 Å². The molecule has 1 aliphatic rings. The summed E-state index contributed by atoms with van der Waals surface area (Å²) >= 11 is 0. The molecule has 0 atom stereocenters. The van der Waals surface area contributed by atoms with Crippen molar-refractivity contribution >= 4 is 39.7 Å². The summed E-state index contributed by atoms with van der Waals surface area (Å²) in [5.41, 5.74) is 15.1. The van der Waals surface area contributed by atoms with E-state index in [9.17, 15) is 0 Å². The number of benzene rings is 1. The molecule has 0 aliphatic heterocycles. The maximum atomic E-state index is 8.73. The molecule has 0 amide bonds. The Balaban J connectivity index is 0.000000376. The van der Waals surface area contributed by atoms with Crippen molar-refractivity contribution < 1.29 is 5.11 Å². The number of pyridine rings is 3. The Morgan fingerprint density at radius 1 is 0.909 bits per heavy atom. The van der Waals surface area contributed by atoms with Crippen molar-refractivity contribution in [2.45, 2.75) is 38.3 Å². The van der Waals surface area contributed by atoms with Gasteiger partial charge in [-0.05, 0) is 54.8 Å². The van der Waals surface area contributed by atoms with Crippen LogP contribution in [0.25, 0.3) is 10.9 Å². The zero-order valence-corrected chi connectivity index (χ0v) is 18.4. The van der Waals surface area contributed by atoms with Gasteiger partial charge in [-0.2, -0.15) is 0 Å². The number of rotatable bonds is 5. The Labute approximate surface area is 193 Å². The van der Waals surface area contributed by atoms with E-state index in [4.69, 9.17) is 16.6 Å². The highest BCUT2D eigenvalue weighted by Crippen LogP contribution is 2.22. The van der Waals surface area contributed by atoms with Crippen LogP contribution in [0.15, 0.2) is 67.0 Å². The average molecular weight is 444 g/mol. The van der Waals surface area contributed by atoms with Gasteiger partial charge in [0.05, 0.1) is 17.3 Å². The first-order chi connectivity index (χ1) is 16.1. The largest absolute Gasteiger partial charge is 0.399 e. The average Bonchev–Trinajstić information content (AvgIpc) is 3.30. The summed E-state index contributed by atoms with van der Waals surface area (Å²) in [6.07, 6.45) is 8.04. The van der Waals surface area contributed by atoms with Gasteiger partial charge in [-0.15, -0.1) is 0 Å². The topological polar surface area (TPSA) is 135 Å². The molecule has 3 heterocycles. The van der Waals surface area contributed by atoms with Crippen LogP contribution in [0.2, 0.25) is 0 Å². The molecule has 0 bridgehead atoms. The number of nitrogens with two attached hydrogens (primary N) is 2. The number of nitrogen functional groups attached to an aromatic ring is 2. The van der Waals surface area contributed by atoms with Gasteiger partial charge in [-0.25, -0.2) is 9.97 Å². The van der Waals surface area contributed by atoms with Gasteiger partial charge in [0.15, 0.2) is 5.82 Å². The van der Waals surface area contributed by atoms with Gasteiger partial charge in [-0.3, -0.25) is 4.98 Å². The van der Waals surface area contributed by atoms with E-state index >= 15 is 0 Å².